The van der Waals surface area contributed by atoms with Gasteiger partial charge in [0.05, 0.1) is 12.5 Å². The fourth-order valence-electron chi connectivity index (χ4n) is 2.84. The Balaban J connectivity index is 1.98. The number of hydrogen-bond acceptors (Lipinski definition) is 5. The first-order chi connectivity index (χ1) is 9.49. The van der Waals surface area contributed by atoms with Gasteiger partial charge in [0.15, 0.2) is 0 Å². The van der Waals surface area contributed by atoms with E-state index >= 15 is 0 Å². The topological polar surface area (TPSA) is 85.5 Å². The SMILES string of the molecule is CC(C)OCc1nnc(CC2(CC(=O)O)CCCC2)o1. The molecular weight excluding hydrogens is 260 g/mol. The van der Waals surface area contributed by atoms with Crippen LogP contribution in [0.25, 0.3) is 0 Å². The lowest BCUT2D eigenvalue weighted by Crippen LogP contribution is -2.24. The van der Waals surface area contributed by atoms with Crippen LogP contribution in [-0.4, -0.2) is 27.4 Å². The highest BCUT2D eigenvalue weighted by molar-refractivity contribution is 5.67. The molecule has 1 aliphatic rings. The molecule has 6 nitrogen and oxygen atoms in total. The highest BCUT2D eigenvalue weighted by atomic mass is 16.5. The maximum Gasteiger partial charge on any atom is 0.303 e. The minimum atomic E-state index is -0.755. The van der Waals surface area contributed by atoms with Gasteiger partial charge in [-0.1, -0.05) is 12.8 Å². The van der Waals surface area contributed by atoms with E-state index in [1.807, 2.05) is 13.8 Å². The number of ether oxygens (including phenoxy) is 1. The van der Waals surface area contributed by atoms with Crippen molar-refractivity contribution in [3.05, 3.63) is 11.8 Å². The lowest BCUT2D eigenvalue weighted by molar-refractivity contribution is -0.139. The molecule has 0 saturated heterocycles. The van der Waals surface area contributed by atoms with Crippen molar-refractivity contribution < 1.29 is 19.1 Å². The Hall–Kier alpha value is -1.43. The van der Waals surface area contributed by atoms with Gasteiger partial charge in [-0.3, -0.25) is 4.79 Å². The average Bonchev–Trinajstić information content (AvgIpc) is 2.96. The van der Waals surface area contributed by atoms with Gasteiger partial charge in [0.2, 0.25) is 11.8 Å². The molecule has 1 N–H and O–H groups in total. The molecule has 1 fully saturated rings. The zero-order valence-corrected chi connectivity index (χ0v) is 12.1. The smallest absolute Gasteiger partial charge is 0.303 e. The Morgan fingerprint density at radius 2 is 2.00 bits per heavy atom. The first-order valence-corrected chi connectivity index (χ1v) is 7.14. The summed E-state index contributed by atoms with van der Waals surface area (Å²) in [4.78, 5) is 11.0. The summed E-state index contributed by atoms with van der Waals surface area (Å²) in [5, 5.41) is 17.1. The van der Waals surface area contributed by atoms with E-state index < -0.39 is 5.97 Å². The summed E-state index contributed by atoms with van der Waals surface area (Å²) in [6, 6.07) is 0. The molecule has 6 heteroatoms. The predicted molar refractivity (Wildman–Crippen MR) is 71.1 cm³/mol. The van der Waals surface area contributed by atoms with Gasteiger partial charge in [0.1, 0.15) is 6.61 Å². The van der Waals surface area contributed by atoms with Crippen molar-refractivity contribution in [3.8, 4) is 0 Å². The Kier molecular flexibility index (Phi) is 4.75. The molecule has 0 unspecified atom stereocenters. The second kappa shape index (κ2) is 6.35. The highest BCUT2D eigenvalue weighted by Crippen LogP contribution is 2.43. The van der Waals surface area contributed by atoms with Crippen molar-refractivity contribution in [1.82, 2.24) is 10.2 Å². The summed E-state index contributed by atoms with van der Waals surface area (Å²) in [6.45, 7) is 4.19. The summed E-state index contributed by atoms with van der Waals surface area (Å²) < 4.78 is 11.0. The maximum atomic E-state index is 11.0. The van der Waals surface area contributed by atoms with Gasteiger partial charge in [-0.2, -0.15) is 0 Å². The van der Waals surface area contributed by atoms with E-state index in [2.05, 4.69) is 10.2 Å². The summed E-state index contributed by atoms with van der Waals surface area (Å²) in [7, 11) is 0. The van der Waals surface area contributed by atoms with E-state index in [-0.39, 0.29) is 17.9 Å². The van der Waals surface area contributed by atoms with Crippen LogP contribution in [0.2, 0.25) is 0 Å². The zero-order chi connectivity index (χ0) is 14.6. The third kappa shape index (κ3) is 4.03. The van der Waals surface area contributed by atoms with Gasteiger partial charge < -0.3 is 14.3 Å². The van der Waals surface area contributed by atoms with E-state index in [0.29, 0.717) is 24.8 Å². The summed E-state index contributed by atoms with van der Waals surface area (Å²) in [5.41, 5.74) is -0.214. The number of nitrogens with zero attached hydrogens (tertiary/aromatic N) is 2. The fraction of sp³-hybridized carbons (Fsp3) is 0.786. The lowest BCUT2D eigenvalue weighted by atomic mass is 9.79. The molecule has 20 heavy (non-hydrogen) atoms. The van der Waals surface area contributed by atoms with E-state index in [1.54, 1.807) is 0 Å². The van der Waals surface area contributed by atoms with Crippen LogP contribution in [0.1, 0.15) is 57.7 Å². The van der Waals surface area contributed by atoms with E-state index in [0.717, 1.165) is 25.7 Å². The van der Waals surface area contributed by atoms with Crippen molar-refractivity contribution in [3.63, 3.8) is 0 Å². The molecule has 0 aromatic carbocycles. The van der Waals surface area contributed by atoms with Crippen molar-refractivity contribution >= 4 is 5.97 Å². The van der Waals surface area contributed by atoms with Crippen LogP contribution in [0.3, 0.4) is 0 Å². The predicted octanol–water partition coefficient (Wildman–Crippen LogP) is 2.57. The molecule has 0 atom stereocenters. The molecule has 1 aliphatic carbocycles. The number of aromatic nitrogens is 2. The normalized spacial score (nSPS) is 17.8. The minimum absolute atomic E-state index is 0.110. The van der Waals surface area contributed by atoms with E-state index in [9.17, 15) is 4.79 Å². The van der Waals surface area contributed by atoms with Crippen LogP contribution in [-0.2, 0) is 22.6 Å². The highest BCUT2D eigenvalue weighted by Gasteiger charge is 2.37. The standard InChI is InChI=1S/C14H22N2O4/c1-10(2)19-9-12-16-15-11(20-12)7-14(8-13(17)18)5-3-4-6-14/h10H,3-9H2,1-2H3,(H,17,18). The van der Waals surface area contributed by atoms with Crippen LogP contribution < -0.4 is 0 Å². The first kappa shape index (κ1) is 15.0. The van der Waals surface area contributed by atoms with Crippen molar-refractivity contribution in [2.24, 2.45) is 5.41 Å². The van der Waals surface area contributed by atoms with E-state index in [1.165, 1.54) is 0 Å². The van der Waals surface area contributed by atoms with Crippen LogP contribution in [0.5, 0.6) is 0 Å². The average molecular weight is 282 g/mol. The number of aliphatic carboxylic acids is 1. The molecular formula is C14H22N2O4. The van der Waals surface area contributed by atoms with Gasteiger partial charge in [-0.05, 0) is 32.1 Å². The molecule has 0 aliphatic heterocycles. The largest absolute Gasteiger partial charge is 0.481 e. The molecule has 0 radical (unpaired) electrons. The molecule has 1 saturated carbocycles. The number of rotatable bonds is 7. The number of carboxylic acids is 1. The van der Waals surface area contributed by atoms with Gasteiger partial charge in [-0.15, -0.1) is 10.2 Å². The van der Waals surface area contributed by atoms with Gasteiger partial charge in [0.25, 0.3) is 0 Å². The minimum Gasteiger partial charge on any atom is -0.481 e. The van der Waals surface area contributed by atoms with Crippen LogP contribution >= 0.6 is 0 Å². The first-order valence-electron chi connectivity index (χ1n) is 7.14. The molecule has 1 aromatic rings. The Bertz CT molecular complexity index is 450. The van der Waals surface area contributed by atoms with Crippen LogP contribution in [0.4, 0.5) is 0 Å². The van der Waals surface area contributed by atoms with Gasteiger partial charge in [0, 0.05) is 6.42 Å². The molecule has 112 valence electrons. The molecule has 1 aromatic heterocycles. The fourth-order valence-corrected chi connectivity index (χ4v) is 2.84. The molecule has 1 heterocycles. The Morgan fingerprint density at radius 1 is 1.35 bits per heavy atom. The Morgan fingerprint density at radius 3 is 2.60 bits per heavy atom. The molecule has 0 spiro atoms. The van der Waals surface area contributed by atoms with Crippen LogP contribution in [0.15, 0.2) is 4.42 Å². The van der Waals surface area contributed by atoms with Crippen LogP contribution in [0, 0.1) is 5.41 Å². The zero-order valence-electron chi connectivity index (χ0n) is 12.1. The number of carboxylic acid groups (broad SMARTS) is 1. The number of carbonyl (C=O) groups is 1. The van der Waals surface area contributed by atoms with Crippen molar-refractivity contribution in [1.29, 1.82) is 0 Å². The van der Waals surface area contributed by atoms with Crippen molar-refractivity contribution in [2.75, 3.05) is 0 Å². The van der Waals surface area contributed by atoms with E-state index in [4.69, 9.17) is 14.3 Å². The number of hydrogen-bond donors (Lipinski definition) is 1. The lowest BCUT2D eigenvalue weighted by Gasteiger charge is -2.24. The quantitative estimate of drug-likeness (QED) is 0.827. The summed E-state index contributed by atoms with van der Waals surface area (Å²) in [5.74, 6) is 0.224. The second-order valence-electron chi connectivity index (χ2n) is 5.90. The maximum absolute atomic E-state index is 11.0. The Labute approximate surface area is 118 Å². The summed E-state index contributed by atoms with van der Waals surface area (Å²) >= 11 is 0. The second-order valence-corrected chi connectivity index (χ2v) is 5.90. The van der Waals surface area contributed by atoms with Gasteiger partial charge in [-0.25, -0.2) is 0 Å². The molecule has 2 rings (SSSR count). The van der Waals surface area contributed by atoms with Gasteiger partial charge >= 0.3 is 5.97 Å². The summed E-state index contributed by atoms with van der Waals surface area (Å²) in [6.07, 6.45) is 4.81. The van der Waals surface area contributed by atoms with Crippen molar-refractivity contribution in [2.45, 2.75) is 65.1 Å². The third-order valence-corrected chi connectivity index (χ3v) is 3.77. The monoisotopic (exact) mass is 282 g/mol. The molecule has 0 amide bonds. The molecule has 0 bridgehead atoms. The third-order valence-electron chi connectivity index (χ3n) is 3.77.